The summed E-state index contributed by atoms with van der Waals surface area (Å²) in [5.74, 6) is 1.19. The van der Waals surface area contributed by atoms with Crippen molar-refractivity contribution in [3.63, 3.8) is 0 Å². The average molecular weight is 356 g/mol. The molecule has 4 nitrogen and oxygen atoms in total. The van der Waals surface area contributed by atoms with Crippen LogP contribution in [-0.2, 0) is 26.3 Å². The van der Waals surface area contributed by atoms with Crippen LogP contribution in [0, 0.1) is 5.92 Å². The van der Waals surface area contributed by atoms with Gasteiger partial charge in [0.1, 0.15) is 0 Å². The van der Waals surface area contributed by atoms with Gasteiger partial charge in [-0.2, -0.15) is 5.10 Å². The van der Waals surface area contributed by atoms with Crippen molar-refractivity contribution < 1.29 is 5.11 Å². The van der Waals surface area contributed by atoms with E-state index in [-0.39, 0.29) is 6.61 Å². The lowest BCUT2D eigenvalue weighted by atomic mass is 9.79. The van der Waals surface area contributed by atoms with Crippen LogP contribution >= 0.6 is 0 Å². The number of nitrogens with two attached hydrogens (primary N) is 1. The molecule has 0 fully saturated rings. The molecular weight excluding hydrogens is 322 g/mol. The van der Waals surface area contributed by atoms with E-state index in [1.165, 1.54) is 48.1 Å². The lowest BCUT2D eigenvalue weighted by molar-refractivity contribution is 0.281. The summed E-state index contributed by atoms with van der Waals surface area (Å²) in [5.41, 5.74) is 11.7. The molecule has 26 heavy (non-hydrogen) atoms. The molecule has 1 heterocycles. The molecule has 0 aliphatic heterocycles. The highest BCUT2D eigenvalue weighted by atomic mass is 16.2. The number of aliphatic hydroxyl groups excluding tert-OH is 1. The molecule has 1 aromatic carbocycles. The molecule has 1 aliphatic rings. The van der Waals surface area contributed by atoms with Gasteiger partial charge in [0.2, 0.25) is 0 Å². The molecule has 2 atom stereocenters. The summed E-state index contributed by atoms with van der Waals surface area (Å²) in [7, 11) is 1.98. The van der Waals surface area contributed by atoms with Crippen LogP contribution in [0.1, 0.15) is 60.4 Å². The monoisotopic (exact) mass is 355 g/mol. The van der Waals surface area contributed by atoms with Crippen molar-refractivity contribution in [2.75, 3.05) is 13.2 Å². The molecule has 0 bridgehead atoms. The standard InChI is InChI=1S/C22H33N3O/c1-25-12-11-22(24-25)10-6-17-5-7-19-15-20(9-8-18(19)14-17)21(16-23)4-2-3-13-26/h8-9,11-12,15,17,21,26H,2-7,10,13-14,16,23H2,1H3/t17-,21-/m0/s1. The largest absolute Gasteiger partial charge is 0.396 e. The second-order valence-electron chi connectivity index (χ2n) is 7.81. The molecule has 0 saturated heterocycles. The van der Waals surface area contributed by atoms with Crippen molar-refractivity contribution in [2.24, 2.45) is 18.7 Å². The van der Waals surface area contributed by atoms with Gasteiger partial charge in [-0.3, -0.25) is 4.68 Å². The fourth-order valence-corrected chi connectivity index (χ4v) is 4.22. The minimum absolute atomic E-state index is 0.279. The molecule has 3 rings (SSSR count). The van der Waals surface area contributed by atoms with Crippen molar-refractivity contribution in [3.05, 3.63) is 52.8 Å². The number of benzene rings is 1. The van der Waals surface area contributed by atoms with Crippen molar-refractivity contribution in [1.29, 1.82) is 0 Å². The highest BCUT2D eigenvalue weighted by Crippen LogP contribution is 2.31. The van der Waals surface area contributed by atoms with Gasteiger partial charge >= 0.3 is 0 Å². The topological polar surface area (TPSA) is 64.1 Å². The zero-order valence-electron chi connectivity index (χ0n) is 16.0. The first-order chi connectivity index (χ1) is 12.7. The Morgan fingerprint density at radius 2 is 2.15 bits per heavy atom. The van der Waals surface area contributed by atoms with Crippen LogP contribution in [0.25, 0.3) is 0 Å². The van der Waals surface area contributed by atoms with Crippen molar-refractivity contribution in [3.8, 4) is 0 Å². The molecule has 0 spiro atoms. The quantitative estimate of drug-likeness (QED) is 0.678. The smallest absolute Gasteiger partial charge is 0.0624 e. The molecule has 0 saturated carbocycles. The highest BCUT2D eigenvalue weighted by Gasteiger charge is 2.20. The zero-order chi connectivity index (χ0) is 18.4. The fraction of sp³-hybridized carbons (Fsp3) is 0.591. The number of hydrogen-bond donors (Lipinski definition) is 2. The predicted octanol–water partition coefficient (Wildman–Crippen LogP) is 3.36. The third kappa shape index (κ3) is 4.95. The van der Waals surface area contributed by atoms with E-state index < -0.39 is 0 Å². The number of rotatable bonds is 9. The van der Waals surface area contributed by atoms with Crippen LogP contribution in [-0.4, -0.2) is 28.0 Å². The van der Waals surface area contributed by atoms with Crippen molar-refractivity contribution >= 4 is 0 Å². The van der Waals surface area contributed by atoms with Gasteiger partial charge in [-0.15, -0.1) is 0 Å². The van der Waals surface area contributed by atoms with Crippen LogP contribution in [0.2, 0.25) is 0 Å². The summed E-state index contributed by atoms with van der Waals surface area (Å²) in [6, 6.07) is 9.16. The number of aromatic nitrogens is 2. The van der Waals surface area contributed by atoms with Gasteiger partial charge in [-0.1, -0.05) is 24.6 Å². The summed E-state index contributed by atoms with van der Waals surface area (Å²) >= 11 is 0. The second kappa shape index (κ2) is 9.33. The van der Waals surface area contributed by atoms with E-state index in [9.17, 15) is 0 Å². The van der Waals surface area contributed by atoms with E-state index in [4.69, 9.17) is 10.8 Å². The van der Waals surface area contributed by atoms with Crippen LogP contribution in [0.3, 0.4) is 0 Å². The summed E-state index contributed by atoms with van der Waals surface area (Å²) < 4.78 is 1.89. The van der Waals surface area contributed by atoms with E-state index in [0.717, 1.165) is 31.6 Å². The average Bonchev–Trinajstić information content (AvgIpc) is 3.08. The number of fused-ring (bicyclic) bond motifs is 1. The third-order valence-electron chi connectivity index (χ3n) is 5.86. The Morgan fingerprint density at radius 1 is 1.27 bits per heavy atom. The van der Waals surface area contributed by atoms with Gasteiger partial charge in [0, 0.05) is 19.9 Å². The Bertz CT molecular complexity index is 694. The highest BCUT2D eigenvalue weighted by molar-refractivity contribution is 5.36. The van der Waals surface area contributed by atoms with E-state index in [1.807, 2.05) is 17.9 Å². The molecule has 1 aromatic heterocycles. The van der Waals surface area contributed by atoms with Crippen molar-refractivity contribution in [2.45, 2.75) is 57.3 Å². The normalized spacial score (nSPS) is 17.9. The number of unbranched alkanes of at least 4 members (excludes halogenated alkanes) is 1. The molecule has 0 amide bonds. The molecule has 2 aromatic rings. The van der Waals surface area contributed by atoms with Crippen LogP contribution in [0.15, 0.2) is 30.5 Å². The Labute approximate surface area is 157 Å². The van der Waals surface area contributed by atoms with E-state index >= 15 is 0 Å². The lowest BCUT2D eigenvalue weighted by Gasteiger charge is -2.26. The Balaban J connectivity index is 1.57. The Morgan fingerprint density at radius 3 is 2.88 bits per heavy atom. The number of aryl methyl sites for hydroxylation is 3. The van der Waals surface area contributed by atoms with Crippen LogP contribution < -0.4 is 5.73 Å². The van der Waals surface area contributed by atoms with Gasteiger partial charge in [0.25, 0.3) is 0 Å². The second-order valence-corrected chi connectivity index (χ2v) is 7.81. The van der Waals surface area contributed by atoms with Gasteiger partial charge in [0.05, 0.1) is 5.69 Å². The van der Waals surface area contributed by atoms with E-state index in [1.54, 1.807) is 0 Å². The van der Waals surface area contributed by atoms with Gasteiger partial charge in [-0.25, -0.2) is 0 Å². The molecule has 1 aliphatic carbocycles. The molecular formula is C22H33N3O. The number of nitrogens with zero attached hydrogens (tertiary/aromatic N) is 2. The fourth-order valence-electron chi connectivity index (χ4n) is 4.22. The first-order valence-electron chi connectivity index (χ1n) is 10.1. The Hall–Kier alpha value is -1.65. The first-order valence-corrected chi connectivity index (χ1v) is 10.1. The third-order valence-corrected chi connectivity index (χ3v) is 5.86. The molecule has 0 radical (unpaired) electrons. The molecule has 0 unspecified atom stereocenters. The predicted molar refractivity (Wildman–Crippen MR) is 106 cm³/mol. The maximum absolute atomic E-state index is 8.99. The summed E-state index contributed by atoms with van der Waals surface area (Å²) in [5, 5.41) is 13.5. The van der Waals surface area contributed by atoms with Crippen LogP contribution in [0.4, 0.5) is 0 Å². The summed E-state index contributed by atoms with van der Waals surface area (Å²) in [6.07, 6.45) is 11.0. The number of hydrogen-bond acceptors (Lipinski definition) is 3. The number of aliphatic hydroxyl groups is 1. The van der Waals surface area contributed by atoms with E-state index in [0.29, 0.717) is 12.5 Å². The summed E-state index contributed by atoms with van der Waals surface area (Å²) in [6.45, 7) is 0.971. The molecule has 142 valence electrons. The van der Waals surface area contributed by atoms with Gasteiger partial charge in [-0.05, 0) is 86.1 Å². The van der Waals surface area contributed by atoms with Crippen molar-refractivity contribution in [1.82, 2.24) is 9.78 Å². The maximum Gasteiger partial charge on any atom is 0.0624 e. The minimum Gasteiger partial charge on any atom is -0.396 e. The maximum atomic E-state index is 8.99. The van der Waals surface area contributed by atoms with Gasteiger partial charge in [0.15, 0.2) is 0 Å². The minimum atomic E-state index is 0.279. The molecule has 3 N–H and O–H groups in total. The zero-order valence-corrected chi connectivity index (χ0v) is 16.0. The lowest BCUT2D eigenvalue weighted by Crippen LogP contribution is -2.17. The molecule has 4 heteroatoms. The summed E-state index contributed by atoms with van der Waals surface area (Å²) in [4.78, 5) is 0. The van der Waals surface area contributed by atoms with E-state index in [2.05, 4.69) is 29.4 Å². The van der Waals surface area contributed by atoms with Gasteiger partial charge < -0.3 is 10.8 Å². The SMILES string of the molecule is Cn1ccc(CC[C@@H]2CCc3cc([C@H](CN)CCCCO)ccc3C2)n1. The first kappa shape index (κ1) is 19.1. The van der Waals surface area contributed by atoms with Crippen LogP contribution in [0.5, 0.6) is 0 Å². The Kier molecular flexibility index (Phi) is 6.86.